The zero-order valence-corrected chi connectivity index (χ0v) is 10.1. The molecule has 1 unspecified atom stereocenters. The van der Waals surface area contributed by atoms with Crippen LogP contribution in [0.1, 0.15) is 30.3 Å². The van der Waals surface area contributed by atoms with Gasteiger partial charge in [0.05, 0.1) is 5.75 Å². The van der Waals surface area contributed by atoms with Crippen LogP contribution in [0.4, 0.5) is 5.95 Å². The van der Waals surface area contributed by atoms with Crippen LogP contribution in [-0.4, -0.2) is 29.1 Å². The molecule has 3 N–H and O–H groups in total. The van der Waals surface area contributed by atoms with E-state index in [1.54, 1.807) is 0 Å². The number of anilines is 1. The molecule has 6 nitrogen and oxygen atoms in total. The first-order valence-corrected chi connectivity index (χ1v) is 7.07. The highest BCUT2D eigenvalue weighted by Crippen LogP contribution is 2.31. The molecule has 16 heavy (non-hydrogen) atoms. The van der Waals surface area contributed by atoms with Gasteiger partial charge in [-0.2, -0.15) is 4.98 Å². The van der Waals surface area contributed by atoms with E-state index in [1.165, 1.54) is 0 Å². The molecule has 1 aliphatic heterocycles. The van der Waals surface area contributed by atoms with Crippen molar-refractivity contribution in [3.63, 3.8) is 0 Å². The summed E-state index contributed by atoms with van der Waals surface area (Å²) in [5, 5.41) is -0.617. The highest BCUT2D eigenvalue weighted by molar-refractivity contribution is 7.91. The summed E-state index contributed by atoms with van der Waals surface area (Å²) in [6.45, 7) is 0. The average molecular weight is 260 g/mol. The number of nitrogens with two attached hydrogens (primary N) is 1. The Labute approximate surface area is 98.2 Å². The van der Waals surface area contributed by atoms with Gasteiger partial charge in [0.2, 0.25) is 10.7 Å². The minimum absolute atomic E-state index is 0.0759. The van der Waals surface area contributed by atoms with Gasteiger partial charge in [0.15, 0.2) is 9.84 Å². The molecule has 0 radical (unpaired) electrons. The Hall–Kier alpha value is -1.02. The molecule has 1 fully saturated rings. The second-order valence-corrected chi connectivity index (χ2v) is 6.42. The van der Waals surface area contributed by atoms with E-state index in [0.717, 1.165) is 6.42 Å². The molecule has 0 aliphatic carbocycles. The van der Waals surface area contributed by atoms with Crippen LogP contribution in [0.2, 0.25) is 0 Å². The fourth-order valence-electron chi connectivity index (χ4n) is 1.83. The molecule has 1 atom stereocenters. The minimum Gasteiger partial charge on any atom is -0.369 e. The van der Waals surface area contributed by atoms with Gasteiger partial charge in [-0.3, -0.25) is 0 Å². The maximum Gasteiger partial charge on any atom is 0.224 e. The quantitative estimate of drug-likeness (QED) is 0.723. The molecule has 2 rings (SSSR count). The fraction of sp³-hybridized carbons (Fsp3) is 0.625. The van der Waals surface area contributed by atoms with Gasteiger partial charge in [0.1, 0.15) is 11.1 Å². The summed E-state index contributed by atoms with van der Waals surface area (Å²) >= 11 is 4.81. The lowest BCUT2D eigenvalue weighted by Gasteiger charge is -2.21. The Kier molecular flexibility index (Phi) is 2.94. The van der Waals surface area contributed by atoms with E-state index in [4.69, 9.17) is 18.0 Å². The van der Waals surface area contributed by atoms with Crippen molar-refractivity contribution >= 4 is 28.0 Å². The maximum atomic E-state index is 11.8. The number of nitrogens with one attached hydrogen (secondary N) is 1. The average Bonchev–Trinajstić information content (AvgIpc) is 2.15. The second kappa shape index (κ2) is 4.10. The number of aromatic nitrogens is 3. The van der Waals surface area contributed by atoms with Gasteiger partial charge in [-0.1, -0.05) is 6.42 Å². The SMILES string of the molecule is Nc1nc(=S)nc(C2CCCCS2(=O)=O)[nH]1. The van der Waals surface area contributed by atoms with Gasteiger partial charge in [-0.15, -0.1) is 0 Å². The number of nitrogens with zero attached hydrogens (tertiary/aromatic N) is 2. The molecular formula is C8H12N4O2S2. The third-order valence-corrected chi connectivity index (χ3v) is 4.94. The maximum absolute atomic E-state index is 11.8. The van der Waals surface area contributed by atoms with Crippen LogP contribution in [0.15, 0.2) is 0 Å². The summed E-state index contributed by atoms with van der Waals surface area (Å²) in [5.41, 5.74) is 5.49. The van der Waals surface area contributed by atoms with Gasteiger partial charge in [-0.05, 0) is 25.1 Å². The Morgan fingerprint density at radius 3 is 2.75 bits per heavy atom. The summed E-state index contributed by atoms with van der Waals surface area (Å²) in [6.07, 6.45) is 2.14. The second-order valence-electron chi connectivity index (χ2n) is 3.75. The van der Waals surface area contributed by atoms with E-state index in [9.17, 15) is 8.42 Å². The lowest BCUT2D eigenvalue weighted by molar-refractivity contribution is 0.537. The standard InChI is InChI=1S/C8H12N4O2S2/c9-7-10-6(11-8(15)12-7)5-3-1-2-4-16(5,13)14/h5H,1-4H2,(H3,9,10,11,12,15). The number of H-pyrrole nitrogens is 1. The largest absolute Gasteiger partial charge is 0.369 e. The minimum atomic E-state index is -3.13. The van der Waals surface area contributed by atoms with Crippen molar-refractivity contribution in [2.24, 2.45) is 0 Å². The van der Waals surface area contributed by atoms with Crippen molar-refractivity contribution in [3.05, 3.63) is 10.6 Å². The lowest BCUT2D eigenvalue weighted by atomic mass is 10.2. The topological polar surface area (TPSA) is 102 Å². The Bertz CT molecular complexity index is 551. The first-order valence-electron chi connectivity index (χ1n) is 4.94. The van der Waals surface area contributed by atoms with Crippen LogP contribution in [0.5, 0.6) is 0 Å². The molecule has 1 aromatic rings. The molecule has 0 spiro atoms. The third kappa shape index (κ3) is 2.22. The van der Waals surface area contributed by atoms with Crippen LogP contribution in [0, 0.1) is 4.77 Å². The summed E-state index contributed by atoms with van der Waals surface area (Å²) < 4.78 is 23.8. The van der Waals surface area contributed by atoms with Gasteiger partial charge >= 0.3 is 0 Å². The predicted octanol–water partition coefficient (Wildman–Crippen LogP) is 0.756. The van der Waals surface area contributed by atoms with E-state index < -0.39 is 15.1 Å². The Balaban J connectivity index is 2.47. The summed E-state index contributed by atoms with van der Waals surface area (Å²) in [6, 6.07) is 0. The van der Waals surface area contributed by atoms with Crippen LogP contribution in [-0.2, 0) is 9.84 Å². The Morgan fingerprint density at radius 1 is 1.38 bits per heavy atom. The van der Waals surface area contributed by atoms with E-state index in [-0.39, 0.29) is 16.5 Å². The molecule has 1 aliphatic rings. The molecule has 88 valence electrons. The molecule has 1 aromatic heterocycles. The monoisotopic (exact) mass is 260 g/mol. The van der Waals surface area contributed by atoms with Crippen molar-refractivity contribution < 1.29 is 8.42 Å². The highest BCUT2D eigenvalue weighted by Gasteiger charge is 2.32. The third-order valence-electron chi connectivity index (χ3n) is 2.57. The van der Waals surface area contributed by atoms with E-state index in [2.05, 4.69) is 15.0 Å². The first-order chi connectivity index (χ1) is 7.49. The van der Waals surface area contributed by atoms with Crippen molar-refractivity contribution in [2.45, 2.75) is 24.5 Å². The lowest BCUT2D eigenvalue weighted by Crippen LogP contribution is -2.24. The number of rotatable bonds is 1. The van der Waals surface area contributed by atoms with E-state index in [0.29, 0.717) is 18.7 Å². The molecule has 0 saturated carbocycles. The molecular weight excluding hydrogens is 248 g/mol. The molecule has 1 saturated heterocycles. The van der Waals surface area contributed by atoms with Crippen molar-refractivity contribution in [2.75, 3.05) is 11.5 Å². The first kappa shape index (κ1) is 11.5. The zero-order chi connectivity index (χ0) is 11.8. The zero-order valence-electron chi connectivity index (χ0n) is 8.51. The van der Waals surface area contributed by atoms with Gasteiger partial charge < -0.3 is 10.7 Å². The van der Waals surface area contributed by atoms with Crippen LogP contribution in [0.3, 0.4) is 0 Å². The molecule has 0 bridgehead atoms. The molecule has 0 aromatic carbocycles. The predicted molar refractivity (Wildman–Crippen MR) is 62.0 cm³/mol. The van der Waals surface area contributed by atoms with Crippen molar-refractivity contribution in [1.82, 2.24) is 15.0 Å². The fourth-order valence-corrected chi connectivity index (χ4v) is 3.90. The number of hydrogen-bond donors (Lipinski definition) is 2. The Morgan fingerprint density at radius 2 is 2.12 bits per heavy atom. The number of aromatic amines is 1. The normalized spacial score (nSPS) is 24.1. The molecule has 8 heteroatoms. The van der Waals surface area contributed by atoms with E-state index in [1.807, 2.05) is 0 Å². The van der Waals surface area contributed by atoms with Crippen LogP contribution < -0.4 is 5.73 Å². The van der Waals surface area contributed by atoms with E-state index >= 15 is 0 Å². The van der Waals surface area contributed by atoms with Crippen molar-refractivity contribution in [1.29, 1.82) is 0 Å². The number of nitrogen functional groups attached to an aromatic ring is 1. The smallest absolute Gasteiger partial charge is 0.224 e. The van der Waals surface area contributed by atoms with Gasteiger partial charge in [0.25, 0.3) is 0 Å². The van der Waals surface area contributed by atoms with Gasteiger partial charge in [0, 0.05) is 0 Å². The highest BCUT2D eigenvalue weighted by atomic mass is 32.2. The van der Waals surface area contributed by atoms with Gasteiger partial charge in [-0.25, -0.2) is 13.4 Å². The summed E-state index contributed by atoms with van der Waals surface area (Å²) in [4.78, 5) is 10.3. The number of sulfone groups is 1. The summed E-state index contributed by atoms with van der Waals surface area (Å²) in [5.74, 6) is 0.621. The summed E-state index contributed by atoms with van der Waals surface area (Å²) in [7, 11) is -3.13. The van der Waals surface area contributed by atoms with Crippen LogP contribution >= 0.6 is 12.2 Å². The van der Waals surface area contributed by atoms with Crippen molar-refractivity contribution in [3.8, 4) is 0 Å². The number of hydrogen-bond acceptors (Lipinski definition) is 6. The van der Waals surface area contributed by atoms with Crippen LogP contribution in [0.25, 0.3) is 0 Å². The molecule has 0 amide bonds. The molecule has 2 heterocycles.